The van der Waals surface area contributed by atoms with Crippen LogP contribution in [0.3, 0.4) is 0 Å². The minimum absolute atomic E-state index is 0.000389. The maximum atomic E-state index is 12.1. The fourth-order valence-electron chi connectivity index (χ4n) is 2.51. The minimum atomic E-state index is -0.543. The van der Waals surface area contributed by atoms with E-state index in [1.54, 1.807) is 25.7 Å². The van der Waals surface area contributed by atoms with Crippen LogP contribution in [0.5, 0.6) is 0 Å². The van der Waals surface area contributed by atoms with Crippen LogP contribution in [0.25, 0.3) is 0 Å². The molecule has 7 heteroatoms. The predicted octanol–water partition coefficient (Wildman–Crippen LogP) is 0.982. The molecule has 0 atom stereocenters. The molecule has 0 spiro atoms. The zero-order chi connectivity index (χ0) is 17.0. The highest BCUT2D eigenvalue weighted by molar-refractivity contribution is 5.82. The van der Waals surface area contributed by atoms with Gasteiger partial charge in [0.15, 0.2) is 0 Å². The fourth-order valence-corrected chi connectivity index (χ4v) is 2.51. The largest absolute Gasteiger partial charge is 0.444 e. The van der Waals surface area contributed by atoms with Crippen LogP contribution in [0.4, 0.5) is 4.79 Å². The molecule has 1 N–H and O–H groups in total. The summed E-state index contributed by atoms with van der Waals surface area (Å²) in [6.07, 6.45) is 1.75. The van der Waals surface area contributed by atoms with Gasteiger partial charge in [-0.3, -0.25) is 9.59 Å². The molecule has 2 fully saturated rings. The zero-order valence-corrected chi connectivity index (χ0v) is 14.3. The molecule has 0 aromatic rings. The summed E-state index contributed by atoms with van der Waals surface area (Å²) in [6, 6.07) is 0. The lowest BCUT2D eigenvalue weighted by Crippen LogP contribution is -2.51. The molecule has 2 aliphatic rings. The fraction of sp³-hybridized carbons (Fsp3) is 0.812. The van der Waals surface area contributed by atoms with E-state index < -0.39 is 11.7 Å². The Morgan fingerprint density at radius 2 is 1.61 bits per heavy atom. The molecule has 1 saturated carbocycles. The third-order valence-electron chi connectivity index (χ3n) is 3.88. The monoisotopic (exact) mass is 325 g/mol. The van der Waals surface area contributed by atoms with Crippen molar-refractivity contribution in [2.45, 2.75) is 45.6 Å². The number of hydrogen-bond acceptors (Lipinski definition) is 4. The number of amides is 3. The van der Waals surface area contributed by atoms with Crippen molar-refractivity contribution in [2.75, 3.05) is 32.7 Å². The first-order valence-electron chi connectivity index (χ1n) is 8.30. The van der Waals surface area contributed by atoms with Gasteiger partial charge in [-0.2, -0.15) is 0 Å². The summed E-state index contributed by atoms with van der Waals surface area (Å²) in [6.45, 7) is 8.00. The summed E-state index contributed by atoms with van der Waals surface area (Å²) in [5, 5.41) is 2.59. The van der Waals surface area contributed by atoms with Crippen LogP contribution in [0, 0.1) is 5.92 Å². The molecule has 1 saturated heterocycles. The van der Waals surface area contributed by atoms with Gasteiger partial charge in [0.25, 0.3) is 0 Å². The van der Waals surface area contributed by atoms with Crippen LogP contribution in [-0.2, 0) is 14.3 Å². The van der Waals surface area contributed by atoms with Gasteiger partial charge < -0.3 is 19.9 Å². The van der Waals surface area contributed by atoms with Crippen LogP contribution < -0.4 is 5.32 Å². The Hall–Kier alpha value is -1.79. The van der Waals surface area contributed by atoms with Gasteiger partial charge in [0.1, 0.15) is 5.60 Å². The van der Waals surface area contributed by atoms with Gasteiger partial charge in [0.2, 0.25) is 11.8 Å². The first-order chi connectivity index (χ1) is 10.8. The number of piperazine rings is 1. The lowest BCUT2D eigenvalue weighted by atomic mass is 10.2. The summed E-state index contributed by atoms with van der Waals surface area (Å²) >= 11 is 0. The van der Waals surface area contributed by atoms with Crippen molar-refractivity contribution in [2.24, 2.45) is 5.92 Å². The van der Waals surface area contributed by atoms with E-state index in [0.29, 0.717) is 26.2 Å². The molecule has 3 amide bonds. The summed E-state index contributed by atoms with van der Waals surface area (Å²) in [5.41, 5.74) is -0.543. The van der Waals surface area contributed by atoms with E-state index >= 15 is 0 Å². The molecule has 0 unspecified atom stereocenters. The summed E-state index contributed by atoms with van der Waals surface area (Å²) < 4.78 is 5.11. The molecule has 1 aliphatic heterocycles. The van der Waals surface area contributed by atoms with Gasteiger partial charge in [-0.15, -0.1) is 0 Å². The molecule has 7 nitrogen and oxygen atoms in total. The molecular weight excluding hydrogens is 298 g/mol. The average Bonchev–Trinajstić information content (AvgIpc) is 3.29. The average molecular weight is 325 g/mol. The number of alkyl carbamates (subject to hydrolysis) is 1. The molecule has 0 bridgehead atoms. The Balaban J connectivity index is 1.63. The maximum Gasteiger partial charge on any atom is 0.407 e. The van der Waals surface area contributed by atoms with Crippen LogP contribution in [0.15, 0.2) is 0 Å². The van der Waals surface area contributed by atoms with E-state index in [0.717, 1.165) is 12.8 Å². The van der Waals surface area contributed by atoms with Crippen molar-refractivity contribution in [3.8, 4) is 0 Å². The van der Waals surface area contributed by atoms with E-state index in [1.807, 2.05) is 4.90 Å². The highest BCUT2D eigenvalue weighted by Crippen LogP contribution is 2.31. The Labute approximate surface area is 137 Å². The highest BCUT2D eigenvalue weighted by Gasteiger charge is 2.35. The van der Waals surface area contributed by atoms with Crippen molar-refractivity contribution in [1.82, 2.24) is 15.1 Å². The number of rotatable bonds is 4. The van der Waals surface area contributed by atoms with Crippen LogP contribution >= 0.6 is 0 Å². The lowest BCUT2D eigenvalue weighted by Gasteiger charge is -2.35. The molecule has 1 heterocycles. The number of hydrogen-bond donors (Lipinski definition) is 1. The van der Waals surface area contributed by atoms with Crippen molar-refractivity contribution in [3.63, 3.8) is 0 Å². The molecule has 0 aromatic carbocycles. The van der Waals surface area contributed by atoms with Gasteiger partial charge in [-0.1, -0.05) is 0 Å². The summed E-state index contributed by atoms with van der Waals surface area (Å²) in [5.74, 6) is 0.471. The van der Waals surface area contributed by atoms with Crippen LogP contribution in [0.1, 0.15) is 40.0 Å². The Kier molecular flexibility index (Phi) is 5.49. The van der Waals surface area contributed by atoms with Gasteiger partial charge in [-0.05, 0) is 33.6 Å². The van der Waals surface area contributed by atoms with E-state index in [4.69, 9.17) is 4.74 Å². The molecule has 130 valence electrons. The highest BCUT2D eigenvalue weighted by atomic mass is 16.6. The van der Waals surface area contributed by atoms with Gasteiger partial charge in [0, 0.05) is 45.1 Å². The maximum absolute atomic E-state index is 12.1. The molecule has 0 aromatic heterocycles. The third kappa shape index (κ3) is 5.73. The van der Waals surface area contributed by atoms with Crippen molar-refractivity contribution in [3.05, 3.63) is 0 Å². The second-order valence-corrected chi connectivity index (χ2v) is 7.16. The SMILES string of the molecule is CC(C)(C)OC(=O)NCCC(=O)N1CCN(C(=O)C2CC2)CC1. The number of carbonyl (C=O) groups is 3. The second-order valence-electron chi connectivity index (χ2n) is 7.16. The van der Waals surface area contributed by atoms with Crippen LogP contribution in [0.2, 0.25) is 0 Å². The minimum Gasteiger partial charge on any atom is -0.444 e. The summed E-state index contributed by atoms with van der Waals surface area (Å²) in [7, 11) is 0. The number of ether oxygens (including phenoxy) is 1. The van der Waals surface area contributed by atoms with Crippen LogP contribution in [-0.4, -0.2) is 66.0 Å². The van der Waals surface area contributed by atoms with E-state index in [-0.39, 0.29) is 30.7 Å². The normalized spacial score (nSPS) is 18.6. The Morgan fingerprint density at radius 1 is 1.04 bits per heavy atom. The van der Waals surface area contributed by atoms with E-state index in [1.165, 1.54) is 0 Å². The van der Waals surface area contributed by atoms with Crippen molar-refractivity contribution < 1.29 is 19.1 Å². The van der Waals surface area contributed by atoms with Gasteiger partial charge >= 0.3 is 6.09 Å². The van der Waals surface area contributed by atoms with Gasteiger partial charge in [0.05, 0.1) is 0 Å². The molecule has 0 radical (unpaired) electrons. The van der Waals surface area contributed by atoms with Crippen molar-refractivity contribution in [1.29, 1.82) is 0 Å². The standard InChI is InChI=1S/C16H27N3O4/c1-16(2,3)23-15(22)17-7-6-13(20)18-8-10-19(11-9-18)14(21)12-4-5-12/h12H,4-11H2,1-3H3,(H,17,22). The zero-order valence-electron chi connectivity index (χ0n) is 14.3. The third-order valence-corrected chi connectivity index (χ3v) is 3.88. The first kappa shape index (κ1) is 17.6. The molecule has 1 aliphatic carbocycles. The Morgan fingerprint density at radius 3 is 2.13 bits per heavy atom. The quantitative estimate of drug-likeness (QED) is 0.836. The van der Waals surface area contributed by atoms with Crippen molar-refractivity contribution >= 4 is 17.9 Å². The second kappa shape index (κ2) is 7.19. The number of carbonyl (C=O) groups excluding carboxylic acids is 3. The predicted molar refractivity (Wildman–Crippen MR) is 84.7 cm³/mol. The van der Waals surface area contributed by atoms with Gasteiger partial charge in [-0.25, -0.2) is 4.79 Å². The van der Waals surface area contributed by atoms with E-state index in [2.05, 4.69) is 5.32 Å². The number of nitrogens with one attached hydrogen (secondary N) is 1. The number of nitrogens with zero attached hydrogens (tertiary/aromatic N) is 2. The molecule has 2 rings (SSSR count). The summed E-state index contributed by atoms with van der Waals surface area (Å²) in [4.78, 5) is 39.2. The Bertz CT molecular complexity index is 460. The smallest absolute Gasteiger partial charge is 0.407 e. The molecule has 23 heavy (non-hydrogen) atoms. The van der Waals surface area contributed by atoms with E-state index in [9.17, 15) is 14.4 Å². The first-order valence-corrected chi connectivity index (χ1v) is 8.30. The topological polar surface area (TPSA) is 79.0 Å². The molecular formula is C16H27N3O4. The lowest BCUT2D eigenvalue weighted by molar-refractivity contribution is -0.140.